The van der Waals surface area contributed by atoms with Crippen molar-refractivity contribution in [2.75, 3.05) is 26.3 Å². The molecule has 0 aromatic heterocycles. The van der Waals surface area contributed by atoms with Gasteiger partial charge in [-0.25, -0.2) is 9.98 Å². The zero-order valence-corrected chi connectivity index (χ0v) is 10.4. The first-order valence-corrected chi connectivity index (χ1v) is 5.98. The Kier molecular flexibility index (Phi) is 4.44. The number of nitrogens with two attached hydrogens (primary N) is 1. The van der Waals surface area contributed by atoms with E-state index in [0.717, 1.165) is 38.5 Å². The van der Waals surface area contributed by atoms with Gasteiger partial charge in [0.25, 0.3) is 0 Å². The van der Waals surface area contributed by atoms with Gasteiger partial charge in [0.15, 0.2) is 0 Å². The van der Waals surface area contributed by atoms with Crippen molar-refractivity contribution in [2.24, 2.45) is 15.7 Å². The first-order valence-electron chi connectivity index (χ1n) is 5.98. The Hall–Kier alpha value is -1.72. The van der Waals surface area contributed by atoms with Gasteiger partial charge in [0, 0.05) is 19.6 Å². The summed E-state index contributed by atoms with van der Waals surface area (Å²) in [6, 6.07) is 7.99. The SMILES string of the molecule is C=NC(N)=Nc1cccc(CN2CCOCC2)c1. The van der Waals surface area contributed by atoms with E-state index in [1.54, 1.807) is 0 Å². The number of guanidine groups is 1. The fraction of sp³-hybridized carbons (Fsp3) is 0.385. The van der Waals surface area contributed by atoms with E-state index in [9.17, 15) is 0 Å². The summed E-state index contributed by atoms with van der Waals surface area (Å²) in [7, 11) is 0. The fourth-order valence-corrected chi connectivity index (χ4v) is 1.91. The highest BCUT2D eigenvalue weighted by Crippen LogP contribution is 2.16. The molecule has 0 aliphatic carbocycles. The first-order chi connectivity index (χ1) is 8.78. The number of aliphatic imine (C=N–C) groups is 2. The molecule has 1 saturated heterocycles. The van der Waals surface area contributed by atoms with E-state index in [1.807, 2.05) is 18.2 Å². The molecule has 1 aromatic carbocycles. The molecule has 0 saturated carbocycles. The quantitative estimate of drug-likeness (QED) is 0.643. The average molecular weight is 246 g/mol. The Labute approximate surface area is 107 Å². The van der Waals surface area contributed by atoms with Gasteiger partial charge in [0.05, 0.1) is 18.9 Å². The van der Waals surface area contributed by atoms with E-state index < -0.39 is 0 Å². The third kappa shape index (κ3) is 3.65. The normalized spacial score (nSPS) is 17.7. The van der Waals surface area contributed by atoms with Crippen molar-refractivity contribution in [1.82, 2.24) is 4.90 Å². The summed E-state index contributed by atoms with van der Waals surface area (Å²) >= 11 is 0. The Bertz CT molecular complexity index is 438. The molecule has 2 N–H and O–H groups in total. The molecule has 0 spiro atoms. The molecule has 0 atom stereocenters. The molecule has 1 aliphatic heterocycles. The van der Waals surface area contributed by atoms with Crippen LogP contribution in [0.25, 0.3) is 0 Å². The van der Waals surface area contributed by atoms with Crippen LogP contribution in [0, 0.1) is 0 Å². The standard InChI is InChI=1S/C13H18N4O/c1-15-13(14)16-12-4-2-3-11(9-12)10-17-5-7-18-8-6-17/h2-4,9H,1,5-8,10H2,(H2,14,16). The van der Waals surface area contributed by atoms with Crippen LogP contribution in [-0.2, 0) is 11.3 Å². The second kappa shape index (κ2) is 6.28. The van der Waals surface area contributed by atoms with Crippen LogP contribution in [0.5, 0.6) is 0 Å². The number of nitrogens with zero attached hydrogens (tertiary/aromatic N) is 3. The van der Waals surface area contributed by atoms with Gasteiger partial charge in [-0.1, -0.05) is 12.1 Å². The molecule has 1 aromatic rings. The maximum atomic E-state index is 5.53. The predicted molar refractivity (Wildman–Crippen MR) is 73.4 cm³/mol. The van der Waals surface area contributed by atoms with E-state index in [-0.39, 0.29) is 5.96 Å². The van der Waals surface area contributed by atoms with E-state index in [2.05, 4.69) is 27.7 Å². The van der Waals surface area contributed by atoms with E-state index >= 15 is 0 Å². The number of morpholine rings is 1. The van der Waals surface area contributed by atoms with Crippen LogP contribution >= 0.6 is 0 Å². The van der Waals surface area contributed by atoms with Crippen molar-refractivity contribution in [3.05, 3.63) is 29.8 Å². The van der Waals surface area contributed by atoms with Gasteiger partial charge in [-0.15, -0.1) is 0 Å². The number of hydrogen-bond acceptors (Lipinski definition) is 3. The molecule has 0 unspecified atom stereocenters. The van der Waals surface area contributed by atoms with Crippen LogP contribution in [0.2, 0.25) is 0 Å². The third-order valence-corrected chi connectivity index (χ3v) is 2.83. The van der Waals surface area contributed by atoms with Crippen LogP contribution < -0.4 is 5.73 Å². The minimum atomic E-state index is 0.193. The Balaban J connectivity index is 2.04. The summed E-state index contributed by atoms with van der Waals surface area (Å²) in [5, 5.41) is 0. The Morgan fingerprint density at radius 3 is 2.89 bits per heavy atom. The van der Waals surface area contributed by atoms with E-state index in [1.165, 1.54) is 5.56 Å². The highest BCUT2D eigenvalue weighted by Gasteiger charge is 2.10. The molecule has 2 rings (SSSR count). The van der Waals surface area contributed by atoms with Crippen LogP contribution in [0.15, 0.2) is 34.3 Å². The predicted octanol–water partition coefficient (Wildman–Crippen LogP) is 1.17. The topological polar surface area (TPSA) is 63.2 Å². The van der Waals surface area contributed by atoms with Crippen molar-refractivity contribution in [2.45, 2.75) is 6.54 Å². The summed E-state index contributed by atoms with van der Waals surface area (Å²) in [5.74, 6) is 0.193. The average Bonchev–Trinajstić information content (AvgIpc) is 2.40. The zero-order valence-electron chi connectivity index (χ0n) is 10.4. The van der Waals surface area contributed by atoms with Crippen LogP contribution in [0.1, 0.15) is 5.56 Å². The number of hydrogen-bond donors (Lipinski definition) is 1. The number of benzene rings is 1. The molecule has 0 amide bonds. The first kappa shape index (κ1) is 12.7. The molecule has 5 nitrogen and oxygen atoms in total. The van der Waals surface area contributed by atoms with Gasteiger partial charge >= 0.3 is 0 Å². The molecule has 1 fully saturated rings. The molecule has 1 aliphatic rings. The summed E-state index contributed by atoms with van der Waals surface area (Å²) < 4.78 is 5.33. The highest BCUT2D eigenvalue weighted by atomic mass is 16.5. The second-order valence-electron chi connectivity index (χ2n) is 4.19. The monoisotopic (exact) mass is 246 g/mol. The lowest BCUT2D eigenvalue weighted by Gasteiger charge is -2.26. The molecule has 18 heavy (non-hydrogen) atoms. The van der Waals surface area contributed by atoms with Crippen molar-refractivity contribution in [3.63, 3.8) is 0 Å². The van der Waals surface area contributed by atoms with Crippen LogP contribution in [0.4, 0.5) is 5.69 Å². The van der Waals surface area contributed by atoms with Crippen LogP contribution in [0.3, 0.4) is 0 Å². The lowest BCUT2D eigenvalue weighted by Crippen LogP contribution is -2.35. The fourth-order valence-electron chi connectivity index (χ4n) is 1.91. The van der Waals surface area contributed by atoms with Gasteiger partial charge in [-0.3, -0.25) is 4.90 Å². The zero-order chi connectivity index (χ0) is 12.8. The maximum absolute atomic E-state index is 5.53. The van der Waals surface area contributed by atoms with Gasteiger partial charge in [-0.2, -0.15) is 0 Å². The maximum Gasteiger partial charge on any atom is 0.219 e. The van der Waals surface area contributed by atoms with Gasteiger partial charge in [-0.05, 0) is 24.4 Å². The van der Waals surface area contributed by atoms with Gasteiger partial charge < -0.3 is 10.5 Å². The molecule has 1 heterocycles. The van der Waals surface area contributed by atoms with Crippen molar-refractivity contribution >= 4 is 18.4 Å². The van der Waals surface area contributed by atoms with Crippen molar-refractivity contribution < 1.29 is 4.74 Å². The van der Waals surface area contributed by atoms with Gasteiger partial charge in [0.1, 0.15) is 0 Å². The van der Waals surface area contributed by atoms with E-state index in [0.29, 0.717) is 0 Å². The summed E-state index contributed by atoms with van der Waals surface area (Å²) in [6.07, 6.45) is 0. The minimum Gasteiger partial charge on any atom is -0.379 e. The Morgan fingerprint density at radius 1 is 1.39 bits per heavy atom. The minimum absolute atomic E-state index is 0.193. The van der Waals surface area contributed by atoms with Crippen molar-refractivity contribution in [3.8, 4) is 0 Å². The number of rotatable bonds is 3. The molecule has 5 heteroatoms. The van der Waals surface area contributed by atoms with Crippen molar-refractivity contribution in [1.29, 1.82) is 0 Å². The Morgan fingerprint density at radius 2 is 2.17 bits per heavy atom. The summed E-state index contributed by atoms with van der Waals surface area (Å²) in [6.45, 7) is 7.83. The highest BCUT2D eigenvalue weighted by molar-refractivity contribution is 5.84. The molecular formula is C13H18N4O. The lowest BCUT2D eigenvalue weighted by atomic mass is 10.2. The largest absolute Gasteiger partial charge is 0.379 e. The molecule has 96 valence electrons. The van der Waals surface area contributed by atoms with E-state index in [4.69, 9.17) is 10.5 Å². The lowest BCUT2D eigenvalue weighted by molar-refractivity contribution is 0.0342. The van der Waals surface area contributed by atoms with Crippen LogP contribution in [-0.4, -0.2) is 43.9 Å². The molecule has 0 radical (unpaired) electrons. The third-order valence-electron chi connectivity index (χ3n) is 2.83. The molecule has 0 bridgehead atoms. The number of ether oxygens (including phenoxy) is 1. The second-order valence-corrected chi connectivity index (χ2v) is 4.19. The smallest absolute Gasteiger partial charge is 0.219 e. The van der Waals surface area contributed by atoms with Gasteiger partial charge in [0.2, 0.25) is 5.96 Å². The summed E-state index contributed by atoms with van der Waals surface area (Å²) in [4.78, 5) is 10.1. The summed E-state index contributed by atoms with van der Waals surface area (Å²) in [5.41, 5.74) is 7.56. The molecular weight excluding hydrogens is 228 g/mol.